The molecule has 2 heteroatoms. The van der Waals surface area contributed by atoms with E-state index in [-0.39, 0.29) is 16.9 Å². The molecule has 6 aromatic rings. The fourth-order valence-corrected chi connectivity index (χ4v) is 9.79. The average molecular weight is 619 g/mol. The van der Waals surface area contributed by atoms with Crippen LogP contribution in [0.5, 0.6) is 0 Å². The first kappa shape index (κ1) is 30.3. The monoisotopic (exact) mass is 618 g/mol. The number of aryl methyl sites for hydroxylation is 3. The van der Waals surface area contributed by atoms with E-state index < -0.39 is 0 Å². The molecule has 0 radical (unpaired) electrons. The largest absolute Gasteiger partial charge is 0.221 e. The zero-order valence-corrected chi connectivity index (χ0v) is 29.5. The molecule has 1 aliphatic heterocycles. The van der Waals surface area contributed by atoms with Gasteiger partial charge in [0.05, 0.1) is 16.3 Å². The fourth-order valence-electron chi connectivity index (χ4n) is 9.79. The Morgan fingerprint density at radius 1 is 0.745 bits per heavy atom. The topological polar surface area (TPSA) is 7.98 Å². The van der Waals surface area contributed by atoms with Crippen molar-refractivity contribution in [3.8, 4) is 11.3 Å². The summed E-state index contributed by atoms with van der Waals surface area (Å²) in [5.41, 5.74) is 14.2. The lowest BCUT2D eigenvalue weighted by Crippen LogP contribution is -2.64. The summed E-state index contributed by atoms with van der Waals surface area (Å²) in [4.78, 5) is 0. The van der Waals surface area contributed by atoms with Gasteiger partial charge in [-0.05, 0) is 71.3 Å². The Labute approximate surface area is 281 Å². The summed E-state index contributed by atoms with van der Waals surface area (Å²) in [6.07, 6.45) is 13.2. The van der Waals surface area contributed by atoms with Gasteiger partial charge in [0.25, 0.3) is 0 Å². The van der Waals surface area contributed by atoms with E-state index in [2.05, 4.69) is 143 Å². The molecule has 238 valence electrons. The van der Waals surface area contributed by atoms with Crippen molar-refractivity contribution in [2.45, 2.75) is 110 Å². The lowest BCUT2D eigenvalue weighted by atomic mass is 9.61. The Balaban J connectivity index is 1.52. The second-order valence-corrected chi connectivity index (χ2v) is 15.2. The normalized spacial score (nSPS) is 17.1. The maximum absolute atomic E-state index is 2.76. The van der Waals surface area contributed by atoms with E-state index in [9.17, 15) is 0 Å². The standard InChI is InChI=1S/C45H50N2/c1-8-11-12-13-15-32-20-21-34-40-41(32)44(6,7)36-17-14-16-31-23-25-47(43(40)39(31)36)45(9-2,10-3)42(34)38-28-33-19-18-29(4)26-35(33)37-27-30(5)22-24-46(37)38/h14,16-28,42H,8-13,15H2,1-7H3/q+2. The Morgan fingerprint density at radius 3 is 2.34 bits per heavy atom. The van der Waals surface area contributed by atoms with Crippen molar-refractivity contribution in [2.75, 3.05) is 0 Å². The van der Waals surface area contributed by atoms with Crippen molar-refractivity contribution in [1.82, 2.24) is 0 Å². The van der Waals surface area contributed by atoms with Crippen LogP contribution < -0.4 is 8.97 Å². The molecular formula is C45H50N2+2. The third-order valence-electron chi connectivity index (χ3n) is 12.2. The highest BCUT2D eigenvalue weighted by Gasteiger charge is 2.58. The van der Waals surface area contributed by atoms with Crippen LogP contribution in [0.4, 0.5) is 0 Å². The van der Waals surface area contributed by atoms with Crippen molar-refractivity contribution in [2.24, 2.45) is 0 Å². The van der Waals surface area contributed by atoms with Crippen molar-refractivity contribution in [3.63, 3.8) is 0 Å². The molecule has 8 rings (SSSR count). The first-order chi connectivity index (χ1) is 22.7. The van der Waals surface area contributed by atoms with Crippen LogP contribution in [0, 0.1) is 13.8 Å². The van der Waals surface area contributed by atoms with Crippen LogP contribution in [0.1, 0.15) is 118 Å². The zero-order chi connectivity index (χ0) is 32.7. The number of fused-ring (bicyclic) bond motifs is 3. The summed E-state index contributed by atoms with van der Waals surface area (Å²) in [7, 11) is 0. The lowest BCUT2D eigenvalue weighted by molar-refractivity contribution is -0.762. The Morgan fingerprint density at radius 2 is 1.55 bits per heavy atom. The predicted octanol–water partition coefficient (Wildman–Crippen LogP) is 10.7. The van der Waals surface area contributed by atoms with Gasteiger partial charge in [0.1, 0.15) is 5.92 Å². The number of benzene rings is 3. The van der Waals surface area contributed by atoms with Gasteiger partial charge in [0.2, 0.25) is 16.9 Å². The third kappa shape index (κ3) is 4.22. The molecule has 0 saturated heterocycles. The molecule has 47 heavy (non-hydrogen) atoms. The molecule has 0 bridgehead atoms. The van der Waals surface area contributed by atoms with Crippen LogP contribution in [0.15, 0.2) is 85.2 Å². The molecule has 1 unspecified atom stereocenters. The Hall–Kier alpha value is -4.04. The van der Waals surface area contributed by atoms with Crippen molar-refractivity contribution in [1.29, 1.82) is 0 Å². The number of hydrogen-bond donors (Lipinski definition) is 0. The van der Waals surface area contributed by atoms with Gasteiger partial charge in [0.15, 0.2) is 17.9 Å². The van der Waals surface area contributed by atoms with Gasteiger partial charge in [-0.25, -0.2) is 0 Å². The molecular weight excluding hydrogens is 569 g/mol. The molecule has 0 N–H and O–H groups in total. The second kappa shape index (κ2) is 11.0. The third-order valence-corrected chi connectivity index (χ3v) is 12.2. The minimum atomic E-state index is -0.117. The highest BCUT2D eigenvalue weighted by atomic mass is 15.1. The summed E-state index contributed by atoms with van der Waals surface area (Å²) < 4.78 is 5.29. The fraction of sp³-hybridized carbons (Fsp3) is 0.378. The Bertz CT molecular complexity index is 2210. The van der Waals surface area contributed by atoms with Crippen LogP contribution in [0.3, 0.4) is 0 Å². The Kier molecular flexibility index (Phi) is 7.10. The number of hydrogen-bond acceptors (Lipinski definition) is 0. The molecule has 1 atom stereocenters. The van der Waals surface area contributed by atoms with Gasteiger partial charge in [-0.1, -0.05) is 102 Å². The van der Waals surface area contributed by atoms with Crippen molar-refractivity contribution >= 4 is 27.1 Å². The molecule has 1 aliphatic carbocycles. The molecule has 0 amide bonds. The van der Waals surface area contributed by atoms with E-state index in [4.69, 9.17) is 0 Å². The summed E-state index contributed by atoms with van der Waals surface area (Å²) in [5, 5.41) is 5.49. The van der Waals surface area contributed by atoms with E-state index in [1.54, 1.807) is 11.1 Å². The van der Waals surface area contributed by atoms with E-state index >= 15 is 0 Å². The SMILES string of the molecule is CCCCCCc1ccc2c3c1C(C)(C)c1cccc4cc[n+](c-3c14)C(CC)(CC)C2c1cc2ccc(C)cc2c2cc(C)cc[n+]12. The summed E-state index contributed by atoms with van der Waals surface area (Å²) >= 11 is 0. The number of rotatable bonds is 8. The molecule has 3 aromatic carbocycles. The van der Waals surface area contributed by atoms with E-state index in [0.717, 1.165) is 19.3 Å². The molecule has 2 aliphatic rings. The quantitative estimate of drug-likeness (QED) is 0.0911. The average Bonchev–Trinajstić information content (AvgIpc) is 3.08. The first-order valence-corrected chi connectivity index (χ1v) is 18.3. The molecule has 3 aromatic heterocycles. The van der Waals surface area contributed by atoms with Gasteiger partial charge in [-0.15, -0.1) is 0 Å². The molecule has 0 fully saturated rings. The first-order valence-electron chi connectivity index (χ1n) is 18.3. The number of pyridine rings is 3. The minimum absolute atomic E-state index is 0.0899. The van der Waals surface area contributed by atoms with Crippen molar-refractivity contribution in [3.05, 3.63) is 124 Å². The molecule has 0 spiro atoms. The number of nitrogens with zero attached hydrogens (tertiary/aromatic N) is 2. The summed E-state index contributed by atoms with van der Waals surface area (Å²) in [6.45, 7) is 16.6. The van der Waals surface area contributed by atoms with Gasteiger partial charge in [0, 0.05) is 42.5 Å². The summed E-state index contributed by atoms with van der Waals surface area (Å²) in [5.74, 6) is 0.192. The predicted molar refractivity (Wildman–Crippen MR) is 197 cm³/mol. The second-order valence-electron chi connectivity index (χ2n) is 15.2. The van der Waals surface area contributed by atoms with E-state index in [1.165, 1.54) is 91.9 Å². The van der Waals surface area contributed by atoms with E-state index in [0.29, 0.717) is 0 Å². The van der Waals surface area contributed by atoms with Crippen LogP contribution in [0.25, 0.3) is 38.3 Å². The number of aromatic nitrogens is 2. The van der Waals surface area contributed by atoms with Gasteiger partial charge >= 0.3 is 0 Å². The van der Waals surface area contributed by atoms with Crippen LogP contribution >= 0.6 is 0 Å². The molecule has 2 nitrogen and oxygen atoms in total. The number of unbranched alkanes of at least 4 members (excludes halogenated alkanes) is 3. The maximum atomic E-state index is 2.76. The van der Waals surface area contributed by atoms with Crippen molar-refractivity contribution < 1.29 is 8.97 Å². The molecule has 0 saturated carbocycles. The van der Waals surface area contributed by atoms with E-state index in [1.807, 2.05) is 0 Å². The maximum Gasteiger partial charge on any atom is 0.221 e. The highest BCUT2D eigenvalue weighted by molar-refractivity contribution is 6.02. The highest BCUT2D eigenvalue weighted by Crippen LogP contribution is 2.57. The van der Waals surface area contributed by atoms with Crippen LogP contribution in [-0.4, -0.2) is 0 Å². The summed E-state index contributed by atoms with van der Waals surface area (Å²) in [6, 6.07) is 28.7. The van der Waals surface area contributed by atoms with Gasteiger partial charge in [-0.2, -0.15) is 8.97 Å². The lowest BCUT2D eigenvalue weighted by Gasteiger charge is -2.44. The zero-order valence-electron chi connectivity index (χ0n) is 29.5. The minimum Gasteiger partial charge on any atom is -0.191 e. The van der Waals surface area contributed by atoms with Crippen LogP contribution in [0.2, 0.25) is 0 Å². The molecule has 4 heterocycles. The van der Waals surface area contributed by atoms with Gasteiger partial charge < -0.3 is 0 Å². The smallest absolute Gasteiger partial charge is 0.191 e. The van der Waals surface area contributed by atoms with Gasteiger partial charge in [-0.3, -0.25) is 0 Å². The van der Waals surface area contributed by atoms with Crippen LogP contribution in [-0.2, 0) is 17.4 Å².